The average molecular weight is 325 g/mol. The van der Waals surface area contributed by atoms with E-state index < -0.39 is 5.82 Å². The highest BCUT2D eigenvalue weighted by atomic mass is 127. The lowest BCUT2D eigenvalue weighted by Crippen LogP contribution is -1.84. The second-order valence-corrected chi connectivity index (χ2v) is 4.05. The maximum absolute atomic E-state index is 12.8. The third-order valence-electron chi connectivity index (χ3n) is 1.06. The van der Waals surface area contributed by atoms with Crippen LogP contribution in [0.1, 0.15) is 0 Å². The largest absolute Gasteiger partial charge is 0.204 e. The van der Waals surface area contributed by atoms with Crippen LogP contribution in [0.25, 0.3) is 0 Å². The summed E-state index contributed by atoms with van der Waals surface area (Å²) in [4.78, 5) is 0. The van der Waals surface area contributed by atoms with Crippen LogP contribution in [0.5, 0.6) is 0 Å². The molecule has 1 aromatic rings. The highest BCUT2D eigenvalue weighted by Gasteiger charge is 2.12. The first-order chi connectivity index (χ1) is 5.04. The number of benzene rings is 1. The van der Waals surface area contributed by atoms with E-state index in [1.54, 1.807) is 0 Å². The Kier molecular flexibility index (Phi) is 3.26. The Hall–Kier alpha value is 0.750. The molecule has 0 heterocycles. The van der Waals surface area contributed by atoms with Gasteiger partial charge in [0, 0.05) is 0 Å². The van der Waals surface area contributed by atoms with Crippen LogP contribution in [-0.2, 0) is 0 Å². The van der Waals surface area contributed by atoms with Gasteiger partial charge in [0.25, 0.3) is 0 Å². The van der Waals surface area contributed by atoms with Crippen molar-refractivity contribution < 1.29 is 4.39 Å². The molecule has 0 amide bonds. The van der Waals surface area contributed by atoms with Crippen LogP contribution < -0.4 is 0 Å². The van der Waals surface area contributed by atoms with Crippen LogP contribution in [0.3, 0.4) is 0 Å². The maximum Gasteiger partial charge on any atom is 0.161 e. The summed E-state index contributed by atoms with van der Waals surface area (Å²) >= 11 is 18.5. The van der Waals surface area contributed by atoms with E-state index in [0.29, 0.717) is 8.59 Å². The van der Waals surface area contributed by atoms with Crippen molar-refractivity contribution in [2.24, 2.45) is 0 Å². The van der Waals surface area contributed by atoms with Gasteiger partial charge in [-0.3, -0.25) is 0 Å². The molecule has 0 aromatic heterocycles. The summed E-state index contributed by atoms with van der Waals surface area (Å²) in [5.41, 5.74) is 0. The minimum absolute atomic E-state index is 0.0249. The maximum atomic E-state index is 12.8. The van der Waals surface area contributed by atoms with E-state index in [-0.39, 0.29) is 10.0 Å². The van der Waals surface area contributed by atoms with Gasteiger partial charge >= 0.3 is 0 Å². The third-order valence-corrected chi connectivity index (χ3v) is 3.74. The molecule has 0 nitrogen and oxygen atoms in total. The SMILES string of the molecule is Fc1c(Cl)cc(Cl)c(I)c1Cl. The zero-order chi connectivity index (χ0) is 8.59. The second kappa shape index (κ2) is 3.64. The Bertz CT molecular complexity index is 274. The minimum Gasteiger partial charge on any atom is -0.204 e. The van der Waals surface area contributed by atoms with Crippen molar-refractivity contribution in [3.05, 3.63) is 30.5 Å². The lowest BCUT2D eigenvalue weighted by Gasteiger charge is -2.01. The van der Waals surface area contributed by atoms with E-state index >= 15 is 0 Å². The molecule has 0 aliphatic carbocycles. The summed E-state index contributed by atoms with van der Waals surface area (Å²) < 4.78 is 13.3. The van der Waals surface area contributed by atoms with Crippen LogP contribution in [0.4, 0.5) is 4.39 Å². The van der Waals surface area contributed by atoms with Gasteiger partial charge < -0.3 is 0 Å². The van der Waals surface area contributed by atoms with Gasteiger partial charge in [0.15, 0.2) is 5.82 Å². The molecule has 1 rings (SSSR count). The first-order valence-electron chi connectivity index (χ1n) is 2.52. The van der Waals surface area contributed by atoms with Crippen LogP contribution in [-0.4, -0.2) is 0 Å². The summed E-state index contributed by atoms with van der Waals surface area (Å²) in [6.45, 7) is 0. The molecule has 0 spiro atoms. The summed E-state index contributed by atoms with van der Waals surface area (Å²) in [5.74, 6) is -0.623. The minimum atomic E-state index is -0.623. The predicted molar refractivity (Wildman–Crippen MR) is 54.1 cm³/mol. The molecule has 0 aliphatic rings. The number of hydrogen-bond donors (Lipinski definition) is 0. The normalized spacial score (nSPS) is 10.3. The van der Waals surface area contributed by atoms with Gasteiger partial charge in [0.05, 0.1) is 18.6 Å². The molecule has 0 atom stereocenters. The van der Waals surface area contributed by atoms with Crippen molar-refractivity contribution >= 4 is 57.4 Å². The van der Waals surface area contributed by atoms with Crippen molar-refractivity contribution in [2.75, 3.05) is 0 Å². The first kappa shape index (κ1) is 9.84. The molecule has 0 unspecified atom stereocenters. The standard InChI is InChI=1S/C6HCl3FI/c7-2-1-3(8)6(11)4(9)5(2)10/h1H. The number of rotatable bonds is 0. The Morgan fingerprint density at radius 3 is 2.27 bits per heavy atom. The summed E-state index contributed by atoms with van der Waals surface area (Å²) in [5, 5.41) is 0.283. The van der Waals surface area contributed by atoms with Crippen molar-refractivity contribution in [1.82, 2.24) is 0 Å². The monoisotopic (exact) mass is 324 g/mol. The van der Waals surface area contributed by atoms with E-state index in [0.717, 1.165) is 0 Å². The Morgan fingerprint density at radius 2 is 1.73 bits per heavy atom. The zero-order valence-electron chi connectivity index (χ0n) is 4.97. The molecule has 1 aromatic carbocycles. The van der Waals surface area contributed by atoms with E-state index in [1.165, 1.54) is 6.07 Å². The van der Waals surface area contributed by atoms with E-state index in [9.17, 15) is 4.39 Å². The molecule has 0 aliphatic heterocycles. The molecule has 0 fully saturated rings. The summed E-state index contributed by atoms with van der Waals surface area (Å²) in [6, 6.07) is 1.33. The van der Waals surface area contributed by atoms with Gasteiger partial charge in [0.2, 0.25) is 0 Å². The van der Waals surface area contributed by atoms with Crippen LogP contribution in [0.15, 0.2) is 6.07 Å². The molecular formula is C6HCl3FI. The van der Waals surface area contributed by atoms with Crippen molar-refractivity contribution in [3.63, 3.8) is 0 Å². The molecule has 5 heteroatoms. The topological polar surface area (TPSA) is 0 Å². The molecule has 0 saturated carbocycles. The lowest BCUT2D eigenvalue weighted by molar-refractivity contribution is 0.628. The zero-order valence-corrected chi connectivity index (χ0v) is 9.39. The lowest BCUT2D eigenvalue weighted by atomic mass is 10.3. The van der Waals surface area contributed by atoms with E-state index in [1.807, 2.05) is 22.6 Å². The van der Waals surface area contributed by atoms with Crippen LogP contribution in [0, 0.1) is 9.39 Å². The summed E-state index contributed by atoms with van der Waals surface area (Å²) in [6.07, 6.45) is 0. The van der Waals surface area contributed by atoms with Gasteiger partial charge in [-0.25, -0.2) is 4.39 Å². The smallest absolute Gasteiger partial charge is 0.161 e. The molecule has 60 valence electrons. The number of hydrogen-bond acceptors (Lipinski definition) is 0. The second-order valence-electron chi connectivity index (χ2n) is 1.78. The van der Waals surface area contributed by atoms with Gasteiger partial charge in [-0.05, 0) is 28.7 Å². The fourth-order valence-corrected chi connectivity index (χ4v) is 1.70. The van der Waals surface area contributed by atoms with Gasteiger partial charge in [0.1, 0.15) is 0 Å². The molecule has 0 bridgehead atoms. The average Bonchev–Trinajstić information content (AvgIpc) is 1.97. The third kappa shape index (κ3) is 1.91. The molecule has 11 heavy (non-hydrogen) atoms. The number of halogens is 5. The highest BCUT2D eigenvalue weighted by Crippen LogP contribution is 2.33. The van der Waals surface area contributed by atoms with Crippen LogP contribution in [0.2, 0.25) is 15.1 Å². The Morgan fingerprint density at radius 1 is 1.18 bits per heavy atom. The fraction of sp³-hybridized carbons (Fsp3) is 0. The molecular weight excluding hydrogens is 324 g/mol. The molecule has 0 N–H and O–H groups in total. The van der Waals surface area contributed by atoms with Crippen LogP contribution >= 0.6 is 57.4 Å². The first-order valence-corrected chi connectivity index (χ1v) is 4.73. The Balaban J connectivity index is 3.46. The van der Waals surface area contributed by atoms with Crippen molar-refractivity contribution in [2.45, 2.75) is 0 Å². The Labute approximate surface area is 91.8 Å². The molecule has 0 radical (unpaired) electrons. The van der Waals surface area contributed by atoms with E-state index in [2.05, 4.69) is 0 Å². The van der Waals surface area contributed by atoms with Crippen molar-refractivity contribution in [1.29, 1.82) is 0 Å². The summed E-state index contributed by atoms with van der Waals surface area (Å²) in [7, 11) is 0. The van der Waals surface area contributed by atoms with Gasteiger partial charge in [-0.2, -0.15) is 0 Å². The highest BCUT2D eigenvalue weighted by molar-refractivity contribution is 14.1. The van der Waals surface area contributed by atoms with Crippen molar-refractivity contribution in [3.8, 4) is 0 Å². The van der Waals surface area contributed by atoms with E-state index in [4.69, 9.17) is 34.8 Å². The quantitative estimate of drug-likeness (QED) is 0.377. The fourth-order valence-electron chi connectivity index (χ4n) is 0.544. The van der Waals surface area contributed by atoms with Gasteiger partial charge in [-0.15, -0.1) is 0 Å². The van der Waals surface area contributed by atoms with Gasteiger partial charge in [-0.1, -0.05) is 34.8 Å². The predicted octanol–water partition coefficient (Wildman–Crippen LogP) is 4.39. The molecule has 0 saturated heterocycles.